The van der Waals surface area contributed by atoms with Gasteiger partial charge in [0.15, 0.2) is 0 Å². The molecule has 0 aliphatic rings. The van der Waals surface area contributed by atoms with Crippen molar-refractivity contribution < 1.29 is 39.3 Å². The number of rotatable bonds is 12. The SMILES string of the molecule is CC(C)C(NC(=O)C(CS)NC(=O)C(N)C(C)O)C(=O)NC(CC(=O)O)C(=O)O. The zero-order valence-electron chi connectivity index (χ0n) is 16.3. The van der Waals surface area contributed by atoms with Crippen LogP contribution in [0.2, 0.25) is 0 Å². The fourth-order valence-corrected chi connectivity index (χ4v) is 2.36. The van der Waals surface area contributed by atoms with Crippen LogP contribution in [0.4, 0.5) is 0 Å². The summed E-state index contributed by atoms with van der Waals surface area (Å²) in [5, 5.41) is 33.9. The molecule has 29 heavy (non-hydrogen) atoms. The molecule has 0 aromatic carbocycles. The topological polar surface area (TPSA) is 208 Å². The highest BCUT2D eigenvalue weighted by Crippen LogP contribution is 2.05. The van der Waals surface area contributed by atoms with Crippen molar-refractivity contribution in [2.75, 3.05) is 5.75 Å². The lowest BCUT2D eigenvalue weighted by atomic mass is 10.0. The monoisotopic (exact) mass is 436 g/mol. The number of hydrogen-bond donors (Lipinski definition) is 8. The molecule has 0 radical (unpaired) electrons. The van der Waals surface area contributed by atoms with Crippen LogP contribution < -0.4 is 21.7 Å². The fourth-order valence-electron chi connectivity index (χ4n) is 2.11. The summed E-state index contributed by atoms with van der Waals surface area (Å²) in [6.45, 7) is 4.46. The lowest BCUT2D eigenvalue weighted by Gasteiger charge is -2.26. The summed E-state index contributed by atoms with van der Waals surface area (Å²) < 4.78 is 0. The molecule has 12 nitrogen and oxygen atoms in total. The number of aliphatic hydroxyl groups excluding tert-OH is 1. The van der Waals surface area contributed by atoms with Crippen molar-refractivity contribution in [3.8, 4) is 0 Å². The molecule has 0 fully saturated rings. The van der Waals surface area contributed by atoms with E-state index in [1.165, 1.54) is 6.92 Å². The Morgan fingerprint density at radius 1 is 0.897 bits per heavy atom. The van der Waals surface area contributed by atoms with Gasteiger partial charge in [0.1, 0.15) is 24.2 Å². The standard InChI is InChI=1S/C16H28N4O8S/c1-6(2)12(15(26)18-8(16(27)28)4-10(22)23)20-13(24)9(5-29)19-14(25)11(17)7(3)21/h6-9,11-12,21,29H,4-5,17H2,1-3H3,(H,18,26)(H,19,25)(H,20,24)(H,22,23)(H,27,28). The Hall–Kier alpha value is -2.38. The summed E-state index contributed by atoms with van der Waals surface area (Å²) in [7, 11) is 0. The van der Waals surface area contributed by atoms with Crippen LogP contribution in [0.5, 0.6) is 0 Å². The molecule has 0 aliphatic heterocycles. The third-order valence-corrected chi connectivity index (χ3v) is 4.24. The molecule has 0 saturated carbocycles. The summed E-state index contributed by atoms with van der Waals surface area (Å²) in [4.78, 5) is 58.7. The van der Waals surface area contributed by atoms with Crippen molar-refractivity contribution in [3.63, 3.8) is 0 Å². The van der Waals surface area contributed by atoms with Gasteiger partial charge in [0, 0.05) is 5.75 Å². The van der Waals surface area contributed by atoms with Gasteiger partial charge in [0.2, 0.25) is 17.7 Å². The van der Waals surface area contributed by atoms with Crippen LogP contribution in [0.15, 0.2) is 0 Å². The minimum Gasteiger partial charge on any atom is -0.481 e. The maximum absolute atomic E-state index is 12.5. The van der Waals surface area contributed by atoms with E-state index < -0.39 is 72.3 Å². The zero-order valence-corrected chi connectivity index (χ0v) is 17.2. The molecule has 0 spiro atoms. The van der Waals surface area contributed by atoms with E-state index in [0.29, 0.717) is 0 Å². The lowest BCUT2D eigenvalue weighted by Crippen LogP contribution is -2.59. The number of nitrogens with one attached hydrogen (secondary N) is 3. The highest BCUT2D eigenvalue weighted by molar-refractivity contribution is 7.80. The van der Waals surface area contributed by atoms with Gasteiger partial charge in [-0.2, -0.15) is 12.6 Å². The molecule has 166 valence electrons. The zero-order chi connectivity index (χ0) is 22.9. The molecule has 0 aromatic rings. The first-order chi connectivity index (χ1) is 13.3. The Labute approximate surface area is 173 Å². The average Bonchev–Trinajstić information content (AvgIpc) is 2.61. The molecule has 0 saturated heterocycles. The first-order valence-electron chi connectivity index (χ1n) is 8.72. The van der Waals surface area contributed by atoms with Gasteiger partial charge in [0.25, 0.3) is 0 Å². The largest absolute Gasteiger partial charge is 0.481 e. The number of aliphatic hydroxyl groups is 1. The van der Waals surface area contributed by atoms with Gasteiger partial charge >= 0.3 is 11.9 Å². The van der Waals surface area contributed by atoms with Crippen molar-refractivity contribution in [1.82, 2.24) is 16.0 Å². The van der Waals surface area contributed by atoms with E-state index in [-0.39, 0.29) is 5.75 Å². The normalized spacial score (nSPS) is 16.1. The van der Waals surface area contributed by atoms with E-state index in [0.717, 1.165) is 0 Å². The molecule has 13 heteroatoms. The summed E-state index contributed by atoms with van der Waals surface area (Å²) in [5.41, 5.74) is 5.50. The Morgan fingerprint density at radius 2 is 1.41 bits per heavy atom. The van der Waals surface area contributed by atoms with E-state index in [1.807, 2.05) is 0 Å². The molecule has 5 unspecified atom stereocenters. The molecular weight excluding hydrogens is 408 g/mol. The first-order valence-corrected chi connectivity index (χ1v) is 9.35. The summed E-state index contributed by atoms with van der Waals surface area (Å²) in [6, 6.07) is -5.34. The molecule has 5 atom stereocenters. The molecular formula is C16H28N4O8S. The summed E-state index contributed by atoms with van der Waals surface area (Å²) in [6.07, 6.45) is -2.00. The van der Waals surface area contributed by atoms with E-state index >= 15 is 0 Å². The minimum absolute atomic E-state index is 0.146. The predicted octanol–water partition coefficient (Wildman–Crippen LogP) is -2.71. The maximum atomic E-state index is 12.5. The van der Waals surface area contributed by atoms with Crippen LogP contribution >= 0.6 is 12.6 Å². The van der Waals surface area contributed by atoms with Crippen LogP contribution in [0.1, 0.15) is 27.2 Å². The number of carbonyl (C=O) groups is 5. The van der Waals surface area contributed by atoms with Gasteiger partial charge in [-0.15, -0.1) is 0 Å². The fraction of sp³-hybridized carbons (Fsp3) is 0.688. The van der Waals surface area contributed by atoms with Gasteiger partial charge in [-0.3, -0.25) is 19.2 Å². The minimum atomic E-state index is -1.68. The highest BCUT2D eigenvalue weighted by atomic mass is 32.1. The van der Waals surface area contributed by atoms with Gasteiger partial charge < -0.3 is 37.0 Å². The second-order valence-corrected chi connectivity index (χ2v) is 7.10. The lowest BCUT2D eigenvalue weighted by molar-refractivity contribution is -0.147. The summed E-state index contributed by atoms with van der Waals surface area (Å²) in [5.74, 6) is -6.08. The second kappa shape index (κ2) is 12.2. The van der Waals surface area contributed by atoms with Crippen molar-refractivity contribution in [2.45, 2.75) is 57.5 Å². The Balaban J connectivity index is 5.22. The average molecular weight is 436 g/mol. The van der Waals surface area contributed by atoms with E-state index in [4.69, 9.17) is 15.9 Å². The molecule has 0 heterocycles. The number of hydrogen-bond acceptors (Lipinski definition) is 8. The van der Waals surface area contributed by atoms with Crippen molar-refractivity contribution in [1.29, 1.82) is 0 Å². The van der Waals surface area contributed by atoms with Crippen LogP contribution in [0, 0.1) is 5.92 Å². The molecule has 3 amide bonds. The smallest absolute Gasteiger partial charge is 0.326 e. The number of carbonyl (C=O) groups excluding carboxylic acids is 3. The van der Waals surface area contributed by atoms with Crippen LogP contribution in [-0.2, 0) is 24.0 Å². The molecule has 0 rings (SSSR count). The van der Waals surface area contributed by atoms with Crippen LogP contribution in [-0.4, -0.2) is 81.0 Å². The molecule has 0 bridgehead atoms. The Kier molecular flexibility index (Phi) is 11.2. The molecule has 0 aliphatic carbocycles. The number of aliphatic carboxylic acids is 2. The number of carboxylic acids is 2. The Bertz CT molecular complexity index is 628. The van der Waals surface area contributed by atoms with Gasteiger partial charge in [-0.05, 0) is 12.8 Å². The number of nitrogens with two attached hydrogens (primary N) is 1. The van der Waals surface area contributed by atoms with Crippen LogP contribution in [0.25, 0.3) is 0 Å². The third-order valence-electron chi connectivity index (χ3n) is 3.88. The quantitative estimate of drug-likeness (QED) is 0.149. The summed E-state index contributed by atoms with van der Waals surface area (Å²) >= 11 is 3.97. The number of thiol groups is 1. The van der Waals surface area contributed by atoms with Gasteiger partial charge in [-0.25, -0.2) is 4.79 Å². The third kappa shape index (κ3) is 9.11. The van der Waals surface area contributed by atoms with Crippen molar-refractivity contribution >= 4 is 42.3 Å². The van der Waals surface area contributed by atoms with E-state index in [1.54, 1.807) is 13.8 Å². The van der Waals surface area contributed by atoms with Gasteiger partial charge in [-0.1, -0.05) is 13.8 Å². The van der Waals surface area contributed by atoms with E-state index in [2.05, 4.69) is 28.6 Å². The van der Waals surface area contributed by atoms with E-state index in [9.17, 15) is 29.1 Å². The molecule has 8 N–H and O–H groups in total. The molecule has 0 aromatic heterocycles. The van der Waals surface area contributed by atoms with Gasteiger partial charge in [0.05, 0.1) is 12.5 Å². The predicted molar refractivity (Wildman–Crippen MR) is 104 cm³/mol. The van der Waals surface area contributed by atoms with Crippen LogP contribution in [0.3, 0.4) is 0 Å². The Morgan fingerprint density at radius 3 is 1.79 bits per heavy atom. The number of amides is 3. The first kappa shape index (κ1) is 26.6. The van der Waals surface area contributed by atoms with Crippen molar-refractivity contribution in [3.05, 3.63) is 0 Å². The highest BCUT2D eigenvalue weighted by Gasteiger charge is 2.32. The number of carboxylic acid groups (broad SMARTS) is 2. The van der Waals surface area contributed by atoms with Crippen molar-refractivity contribution in [2.24, 2.45) is 11.7 Å². The second-order valence-electron chi connectivity index (χ2n) is 6.74. The maximum Gasteiger partial charge on any atom is 0.326 e.